The van der Waals surface area contributed by atoms with E-state index in [-0.39, 0.29) is 10.6 Å². The lowest BCUT2D eigenvalue weighted by atomic mass is 10.1. The van der Waals surface area contributed by atoms with Crippen molar-refractivity contribution in [3.8, 4) is 0 Å². The van der Waals surface area contributed by atoms with Crippen LogP contribution in [-0.4, -0.2) is 17.7 Å². The topological polar surface area (TPSA) is 55.2 Å². The molecule has 4 nitrogen and oxygen atoms in total. The summed E-state index contributed by atoms with van der Waals surface area (Å²) in [5.74, 6) is 2.90. The standard InChI is InChI=1S/C14H20N2O2S/c1-15-13-7-6-12(8-14(13)16(17)18)10-19-9-11-4-2-3-5-11/h6-8,11,15H,2-5,9-10H2,1H3. The van der Waals surface area contributed by atoms with Crippen LogP contribution in [0, 0.1) is 16.0 Å². The van der Waals surface area contributed by atoms with Gasteiger partial charge in [-0.2, -0.15) is 11.8 Å². The molecule has 0 radical (unpaired) electrons. The van der Waals surface area contributed by atoms with Crippen molar-refractivity contribution in [2.45, 2.75) is 31.4 Å². The number of nitrogens with zero attached hydrogens (tertiary/aromatic N) is 1. The first-order valence-electron chi connectivity index (χ1n) is 6.73. The van der Waals surface area contributed by atoms with E-state index < -0.39 is 0 Å². The van der Waals surface area contributed by atoms with Gasteiger partial charge in [-0.25, -0.2) is 0 Å². The Morgan fingerprint density at radius 3 is 2.79 bits per heavy atom. The maximum Gasteiger partial charge on any atom is 0.292 e. The third-order valence-corrected chi connectivity index (χ3v) is 4.87. The second-order valence-electron chi connectivity index (χ2n) is 5.02. The van der Waals surface area contributed by atoms with Crippen LogP contribution in [0.3, 0.4) is 0 Å². The van der Waals surface area contributed by atoms with Gasteiger partial charge in [0.15, 0.2) is 0 Å². The Kier molecular flexibility index (Phi) is 5.07. The predicted molar refractivity (Wildman–Crippen MR) is 80.8 cm³/mol. The van der Waals surface area contributed by atoms with Crippen molar-refractivity contribution in [2.24, 2.45) is 5.92 Å². The monoisotopic (exact) mass is 280 g/mol. The van der Waals surface area contributed by atoms with Crippen molar-refractivity contribution < 1.29 is 4.92 Å². The number of nitro groups is 1. The van der Waals surface area contributed by atoms with E-state index in [4.69, 9.17) is 0 Å². The molecule has 2 rings (SSSR count). The lowest BCUT2D eigenvalue weighted by Gasteiger charge is -2.09. The highest BCUT2D eigenvalue weighted by Gasteiger charge is 2.16. The van der Waals surface area contributed by atoms with Crippen LogP contribution in [0.2, 0.25) is 0 Å². The van der Waals surface area contributed by atoms with E-state index in [9.17, 15) is 10.1 Å². The molecule has 1 aliphatic rings. The minimum atomic E-state index is -0.322. The summed E-state index contributed by atoms with van der Waals surface area (Å²) in [6.07, 6.45) is 5.44. The SMILES string of the molecule is CNc1ccc(CSCC2CCCC2)cc1[N+](=O)[O-]. The zero-order chi connectivity index (χ0) is 13.7. The summed E-state index contributed by atoms with van der Waals surface area (Å²) in [5.41, 5.74) is 1.78. The van der Waals surface area contributed by atoms with Crippen LogP contribution in [0.5, 0.6) is 0 Å². The molecule has 5 heteroatoms. The van der Waals surface area contributed by atoms with Gasteiger partial charge in [-0.3, -0.25) is 10.1 Å². The van der Waals surface area contributed by atoms with Crippen molar-refractivity contribution in [1.29, 1.82) is 0 Å². The Morgan fingerprint density at radius 1 is 1.42 bits per heavy atom. The molecule has 1 N–H and O–H groups in total. The quantitative estimate of drug-likeness (QED) is 0.630. The van der Waals surface area contributed by atoms with E-state index in [2.05, 4.69) is 5.32 Å². The molecule has 0 unspecified atom stereocenters. The van der Waals surface area contributed by atoms with E-state index in [1.54, 1.807) is 19.2 Å². The molecule has 0 aliphatic heterocycles. The van der Waals surface area contributed by atoms with Crippen LogP contribution >= 0.6 is 11.8 Å². The molecule has 1 aromatic rings. The third-order valence-electron chi connectivity index (χ3n) is 3.63. The van der Waals surface area contributed by atoms with Gasteiger partial charge in [0.25, 0.3) is 5.69 Å². The third kappa shape index (κ3) is 3.86. The molecule has 0 saturated heterocycles. The smallest absolute Gasteiger partial charge is 0.292 e. The van der Waals surface area contributed by atoms with Gasteiger partial charge in [0, 0.05) is 18.9 Å². The molecule has 0 atom stereocenters. The summed E-state index contributed by atoms with van der Waals surface area (Å²) < 4.78 is 0. The van der Waals surface area contributed by atoms with Gasteiger partial charge >= 0.3 is 0 Å². The van der Waals surface area contributed by atoms with E-state index in [0.717, 1.165) is 17.2 Å². The Morgan fingerprint density at radius 2 is 2.16 bits per heavy atom. The second-order valence-corrected chi connectivity index (χ2v) is 6.05. The average Bonchev–Trinajstić information content (AvgIpc) is 2.91. The lowest BCUT2D eigenvalue weighted by molar-refractivity contribution is -0.384. The molecule has 0 bridgehead atoms. The highest BCUT2D eigenvalue weighted by atomic mass is 32.2. The van der Waals surface area contributed by atoms with Gasteiger partial charge in [0.2, 0.25) is 0 Å². The molecule has 104 valence electrons. The van der Waals surface area contributed by atoms with Gasteiger partial charge in [-0.15, -0.1) is 0 Å². The number of thioether (sulfide) groups is 1. The zero-order valence-electron chi connectivity index (χ0n) is 11.2. The summed E-state index contributed by atoms with van der Waals surface area (Å²) in [6.45, 7) is 0. The molecule has 1 fully saturated rings. The fourth-order valence-corrected chi connectivity index (χ4v) is 3.75. The Bertz CT molecular complexity index is 445. The molecular formula is C14H20N2O2S. The summed E-state index contributed by atoms with van der Waals surface area (Å²) >= 11 is 1.89. The minimum Gasteiger partial charge on any atom is -0.383 e. The number of anilines is 1. The first-order chi connectivity index (χ1) is 9.20. The van der Waals surface area contributed by atoms with E-state index in [0.29, 0.717) is 5.69 Å². The van der Waals surface area contributed by atoms with Crippen molar-refractivity contribution in [3.63, 3.8) is 0 Å². The molecule has 0 heterocycles. The summed E-state index contributed by atoms with van der Waals surface area (Å²) in [6, 6.07) is 5.46. The van der Waals surface area contributed by atoms with Crippen LogP contribution in [0.1, 0.15) is 31.2 Å². The predicted octanol–water partition coefficient (Wildman–Crippen LogP) is 4.06. The van der Waals surface area contributed by atoms with Gasteiger partial charge in [0.1, 0.15) is 5.69 Å². The maximum atomic E-state index is 11.0. The number of nitrogens with one attached hydrogen (secondary N) is 1. The van der Waals surface area contributed by atoms with Crippen LogP contribution in [-0.2, 0) is 5.75 Å². The molecule has 1 aromatic carbocycles. The fourth-order valence-electron chi connectivity index (χ4n) is 2.55. The van der Waals surface area contributed by atoms with Crippen LogP contribution in [0.15, 0.2) is 18.2 Å². The Balaban J connectivity index is 1.92. The van der Waals surface area contributed by atoms with Crippen molar-refractivity contribution >= 4 is 23.1 Å². The largest absolute Gasteiger partial charge is 0.383 e. The number of nitro benzene ring substituents is 1. The summed E-state index contributed by atoms with van der Waals surface area (Å²) in [7, 11) is 1.71. The highest BCUT2D eigenvalue weighted by Crippen LogP contribution is 2.31. The number of rotatable bonds is 6. The molecule has 19 heavy (non-hydrogen) atoms. The van der Waals surface area contributed by atoms with E-state index >= 15 is 0 Å². The number of hydrogen-bond donors (Lipinski definition) is 1. The van der Waals surface area contributed by atoms with Gasteiger partial charge in [0.05, 0.1) is 4.92 Å². The maximum absolute atomic E-state index is 11.0. The normalized spacial score (nSPS) is 15.6. The van der Waals surface area contributed by atoms with E-state index in [1.807, 2.05) is 17.8 Å². The Hall–Kier alpha value is -1.23. The molecule has 0 aromatic heterocycles. The van der Waals surface area contributed by atoms with Crippen LogP contribution in [0.4, 0.5) is 11.4 Å². The Labute approximate surface area is 118 Å². The van der Waals surface area contributed by atoms with Crippen LogP contribution < -0.4 is 5.32 Å². The van der Waals surface area contributed by atoms with E-state index in [1.165, 1.54) is 31.4 Å². The number of benzene rings is 1. The van der Waals surface area contributed by atoms with Crippen molar-refractivity contribution in [3.05, 3.63) is 33.9 Å². The highest BCUT2D eigenvalue weighted by molar-refractivity contribution is 7.98. The molecular weight excluding hydrogens is 260 g/mol. The van der Waals surface area contributed by atoms with Gasteiger partial charge < -0.3 is 5.32 Å². The average molecular weight is 280 g/mol. The first kappa shape index (κ1) is 14.2. The van der Waals surface area contributed by atoms with Gasteiger partial charge in [-0.1, -0.05) is 18.9 Å². The van der Waals surface area contributed by atoms with Crippen LogP contribution in [0.25, 0.3) is 0 Å². The number of hydrogen-bond acceptors (Lipinski definition) is 4. The molecule has 1 saturated carbocycles. The zero-order valence-corrected chi connectivity index (χ0v) is 12.0. The van der Waals surface area contributed by atoms with Crippen molar-refractivity contribution in [1.82, 2.24) is 0 Å². The summed E-state index contributed by atoms with van der Waals surface area (Å²) in [5, 5.41) is 13.8. The minimum absolute atomic E-state index is 0.168. The first-order valence-corrected chi connectivity index (χ1v) is 7.89. The van der Waals surface area contributed by atoms with Crippen molar-refractivity contribution in [2.75, 3.05) is 18.1 Å². The fraction of sp³-hybridized carbons (Fsp3) is 0.571. The summed E-state index contributed by atoms with van der Waals surface area (Å²) in [4.78, 5) is 10.7. The van der Waals surface area contributed by atoms with Gasteiger partial charge in [-0.05, 0) is 36.1 Å². The molecule has 1 aliphatic carbocycles. The molecule has 0 amide bonds. The lowest BCUT2D eigenvalue weighted by Crippen LogP contribution is -1.99. The second kappa shape index (κ2) is 6.80. The molecule has 0 spiro atoms.